The zero-order valence-electron chi connectivity index (χ0n) is 19.0. The number of allylic oxidation sites excluding steroid dienone is 2. The Morgan fingerprint density at radius 2 is 2.09 bits per heavy atom. The van der Waals surface area contributed by atoms with Crippen LogP contribution in [0.2, 0.25) is 0 Å². The largest absolute Gasteiger partial charge is 0.543 e. The first-order valence-corrected chi connectivity index (χ1v) is 12.7. The Hall–Kier alpha value is -3.23. The minimum absolute atomic E-state index is 0.0278. The Balaban J connectivity index is 1.34. The third kappa shape index (κ3) is 4.10. The second-order valence-electron chi connectivity index (χ2n) is 8.85. The number of fused-ring (bicyclic) bond motifs is 2. The summed E-state index contributed by atoms with van der Waals surface area (Å²) in [5, 5.41) is 18.0. The van der Waals surface area contributed by atoms with E-state index in [1.165, 1.54) is 34.9 Å². The molecular weight excluding hydrogens is 494 g/mol. The molecule has 2 amide bonds. The van der Waals surface area contributed by atoms with Crippen LogP contribution in [0.5, 0.6) is 0 Å². The summed E-state index contributed by atoms with van der Waals surface area (Å²) in [7, 11) is 3.28. The third-order valence-corrected chi connectivity index (χ3v) is 8.20. The lowest BCUT2D eigenvalue weighted by molar-refractivity contribution is -0.799. The second kappa shape index (κ2) is 8.77. The fraction of sp³-hybridized carbons (Fsp3) is 0.429. The van der Waals surface area contributed by atoms with Gasteiger partial charge in [-0.2, -0.15) is 9.36 Å². The highest BCUT2D eigenvalue weighted by molar-refractivity contribution is 8.00. The summed E-state index contributed by atoms with van der Waals surface area (Å²) in [6.07, 6.45) is 7.53. The molecule has 14 heteroatoms. The first-order chi connectivity index (χ1) is 16.7. The highest BCUT2D eigenvalue weighted by Gasteiger charge is 2.54. The average Bonchev–Trinajstić information content (AvgIpc) is 3.50. The molecule has 5 rings (SSSR count). The third-order valence-electron chi connectivity index (χ3n) is 6.32. The van der Waals surface area contributed by atoms with E-state index in [0.29, 0.717) is 22.4 Å². The first-order valence-electron chi connectivity index (χ1n) is 10.9. The summed E-state index contributed by atoms with van der Waals surface area (Å²) in [4.78, 5) is 47.8. The van der Waals surface area contributed by atoms with E-state index in [1.807, 2.05) is 7.05 Å². The van der Waals surface area contributed by atoms with E-state index in [-0.39, 0.29) is 22.4 Å². The van der Waals surface area contributed by atoms with Gasteiger partial charge in [0.15, 0.2) is 5.13 Å². The lowest BCUT2D eigenvalue weighted by Gasteiger charge is -2.51. The molecule has 2 fully saturated rings. The van der Waals surface area contributed by atoms with Gasteiger partial charge in [0.2, 0.25) is 11.5 Å². The van der Waals surface area contributed by atoms with Crippen molar-refractivity contribution in [2.24, 2.45) is 5.16 Å². The lowest BCUT2D eigenvalue weighted by Crippen LogP contribution is -2.71. The summed E-state index contributed by atoms with van der Waals surface area (Å²) in [6.45, 7) is 0.429. The van der Waals surface area contributed by atoms with Crippen molar-refractivity contribution in [3.63, 3.8) is 0 Å². The van der Waals surface area contributed by atoms with Crippen LogP contribution in [0.3, 0.4) is 0 Å². The van der Waals surface area contributed by atoms with Gasteiger partial charge in [-0.05, 0) is 19.3 Å². The first kappa shape index (κ1) is 23.5. The number of aromatic nitrogens is 2. The molecule has 4 aliphatic rings. The Bertz CT molecular complexity index is 1230. The molecular formula is C21H23N7O5S2. The van der Waals surface area contributed by atoms with E-state index in [4.69, 9.17) is 10.6 Å². The number of oxime groups is 1. The number of quaternary nitrogens is 1. The van der Waals surface area contributed by atoms with E-state index in [0.717, 1.165) is 30.8 Å². The highest BCUT2D eigenvalue weighted by Crippen LogP contribution is 2.43. The van der Waals surface area contributed by atoms with Crippen molar-refractivity contribution in [2.45, 2.75) is 30.7 Å². The van der Waals surface area contributed by atoms with Crippen LogP contribution in [0.25, 0.3) is 0 Å². The Morgan fingerprint density at radius 1 is 1.37 bits per heavy atom. The number of nitrogens with one attached hydrogen (secondary N) is 1. The van der Waals surface area contributed by atoms with Crippen LogP contribution in [0.15, 0.2) is 40.0 Å². The van der Waals surface area contributed by atoms with Crippen molar-refractivity contribution in [1.82, 2.24) is 19.6 Å². The van der Waals surface area contributed by atoms with Crippen molar-refractivity contribution >= 4 is 51.9 Å². The van der Waals surface area contributed by atoms with E-state index in [1.54, 1.807) is 0 Å². The van der Waals surface area contributed by atoms with Crippen molar-refractivity contribution in [3.05, 3.63) is 40.6 Å². The predicted molar refractivity (Wildman–Crippen MR) is 126 cm³/mol. The Labute approximate surface area is 208 Å². The molecule has 35 heavy (non-hydrogen) atoms. The predicted octanol–water partition coefficient (Wildman–Crippen LogP) is -0.713. The van der Waals surface area contributed by atoms with Crippen LogP contribution < -0.4 is 16.2 Å². The monoisotopic (exact) mass is 517 g/mol. The summed E-state index contributed by atoms with van der Waals surface area (Å²) >= 11 is 2.28. The van der Waals surface area contributed by atoms with Gasteiger partial charge in [0.05, 0.1) is 18.7 Å². The zero-order valence-corrected chi connectivity index (χ0v) is 20.6. The van der Waals surface area contributed by atoms with Crippen molar-refractivity contribution in [1.29, 1.82) is 0 Å². The number of carbonyl (C=O) groups excluding carboxylic acids is 3. The van der Waals surface area contributed by atoms with Crippen LogP contribution in [0.4, 0.5) is 5.13 Å². The fourth-order valence-electron chi connectivity index (χ4n) is 4.95. The van der Waals surface area contributed by atoms with Gasteiger partial charge in [-0.3, -0.25) is 19.0 Å². The molecule has 0 bridgehead atoms. The van der Waals surface area contributed by atoms with E-state index in [2.05, 4.69) is 32.2 Å². The number of carboxylic acids is 1. The van der Waals surface area contributed by atoms with Crippen molar-refractivity contribution in [3.8, 4) is 0 Å². The number of nitrogens with two attached hydrogens (primary N) is 1. The molecule has 4 heterocycles. The van der Waals surface area contributed by atoms with E-state index >= 15 is 0 Å². The minimum Gasteiger partial charge on any atom is -0.543 e. The quantitative estimate of drug-likeness (QED) is 0.206. The van der Waals surface area contributed by atoms with Crippen molar-refractivity contribution < 1.29 is 28.8 Å². The molecule has 1 saturated carbocycles. The number of rotatable bonds is 7. The molecule has 12 nitrogen and oxygen atoms in total. The molecule has 3 aliphatic heterocycles. The number of nitrogens with zero attached hydrogens (tertiary/aromatic N) is 5. The standard InChI is InChI=1S/C21H23N7O5S2/c1-28(6-10-4-3-5-11(10)7-28)8-12-9-34-19-14(18(30)27(19)15(12)20(31)32)23-17(29)13(25-33-2)16-24-21(22)35-26-16/h6-7,14,19H,3-5,8-9H2,1-2H3,(H3-,22,23,24,26,29,31,32)/b25-13-/t14-,19-/m1/s1. The number of carboxylic acid groups (broad SMARTS) is 1. The van der Waals surface area contributed by atoms with Gasteiger partial charge in [-0.15, -0.1) is 11.8 Å². The van der Waals surface area contributed by atoms with Crippen LogP contribution in [-0.4, -0.2) is 80.1 Å². The smallest absolute Gasteiger partial charge is 0.278 e. The maximum absolute atomic E-state index is 13.0. The van der Waals surface area contributed by atoms with Crippen LogP contribution in [0, 0.1) is 0 Å². The normalized spacial score (nSPS) is 24.9. The average molecular weight is 518 g/mol. The summed E-state index contributed by atoms with van der Waals surface area (Å²) in [6, 6.07) is -0.943. The number of hydrogen-bond donors (Lipinski definition) is 2. The molecule has 1 aromatic heterocycles. The van der Waals surface area contributed by atoms with Gasteiger partial charge in [-0.1, -0.05) is 5.16 Å². The number of hydrogen-bond acceptors (Lipinski definition) is 11. The number of likely N-dealkylation sites (N-methyl/N-ethyl adjacent to an activating group) is 1. The fourth-order valence-corrected chi connectivity index (χ4v) is 6.72. The van der Waals surface area contributed by atoms with E-state index in [9.17, 15) is 19.5 Å². The number of amides is 2. The van der Waals surface area contributed by atoms with Gasteiger partial charge in [0, 0.05) is 34.0 Å². The Kier molecular flexibility index (Phi) is 5.89. The van der Waals surface area contributed by atoms with Crippen LogP contribution in [0.1, 0.15) is 25.1 Å². The topological polar surface area (TPSA) is 163 Å². The lowest BCUT2D eigenvalue weighted by atomic mass is 10.0. The molecule has 3 N–H and O–H groups in total. The number of aliphatic carboxylic acids is 1. The highest BCUT2D eigenvalue weighted by atomic mass is 32.2. The van der Waals surface area contributed by atoms with Gasteiger partial charge in [0.25, 0.3) is 11.8 Å². The second-order valence-corrected chi connectivity index (χ2v) is 10.7. The van der Waals surface area contributed by atoms with Crippen LogP contribution >= 0.6 is 23.3 Å². The number of anilines is 1. The number of β-lactam (4-membered cyclic amide) rings is 1. The van der Waals surface area contributed by atoms with Gasteiger partial charge in [-0.25, -0.2) is 0 Å². The van der Waals surface area contributed by atoms with E-state index < -0.39 is 29.2 Å². The van der Waals surface area contributed by atoms with Crippen LogP contribution in [-0.2, 0) is 19.2 Å². The molecule has 0 radical (unpaired) electrons. The molecule has 0 spiro atoms. The summed E-state index contributed by atoms with van der Waals surface area (Å²) in [5.74, 6) is -2.30. The molecule has 1 aliphatic carbocycles. The number of carbonyl (C=O) groups is 3. The molecule has 1 aromatic rings. The zero-order chi connectivity index (χ0) is 24.9. The Morgan fingerprint density at radius 3 is 2.69 bits per heavy atom. The molecule has 0 aromatic carbocycles. The maximum atomic E-state index is 13.0. The SMILES string of the molecule is CO/N=C(\C(=O)N[C@@H]1C(=O)N2C(C(=O)[O-])=C(C[N+]3(C)C=C4CCCC4=C3)CS[C@H]12)c1nsc(N)n1. The van der Waals surface area contributed by atoms with Gasteiger partial charge < -0.3 is 25.8 Å². The molecule has 1 saturated heterocycles. The molecule has 2 atom stereocenters. The molecule has 184 valence electrons. The maximum Gasteiger partial charge on any atom is 0.278 e. The summed E-state index contributed by atoms with van der Waals surface area (Å²) in [5.41, 5.74) is 8.50. The van der Waals surface area contributed by atoms with Crippen molar-refractivity contribution in [2.75, 3.05) is 32.2 Å². The minimum atomic E-state index is -1.40. The van der Waals surface area contributed by atoms with Gasteiger partial charge >= 0.3 is 0 Å². The number of thioether (sulfide) groups is 1. The van der Waals surface area contributed by atoms with Gasteiger partial charge in [0.1, 0.15) is 37.5 Å². The molecule has 0 unspecified atom stereocenters. The summed E-state index contributed by atoms with van der Waals surface area (Å²) < 4.78 is 4.42. The number of nitrogen functional groups attached to an aromatic ring is 1.